The Labute approximate surface area is 146 Å². The third-order valence-corrected chi connectivity index (χ3v) is 5.62. The Morgan fingerprint density at radius 2 is 1.88 bits per heavy atom. The second-order valence-electron chi connectivity index (χ2n) is 7.11. The van der Waals surface area contributed by atoms with Gasteiger partial charge in [0.2, 0.25) is 5.91 Å². The summed E-state index contributed by atoms with van der Waals surface area (Å²) in [6.07, 6.45) is 3.59. The third kappa shape index (κ3) is 2.94. The minimum Gasteiger partial charge on any atom is -0.486 e. The summed E-state index contributed by atoms with van der Waals surface area (Å²) in [6.45, 7) is 1.79. The van der Waals surface area contributed by atoms with E-state index >= 15 is 0 Å². The van der Waals surface area contributed by atoms with Crippen LogP contribution >= 0.6 is 0 Å². The van der Waals surface area contributed by atoms with Gasteiger partial charge in [-0.15, -0.1) is 0 Å². The molecule has 6 heteroatoms. The highest BCUT2D eigenvalue weighted by atomic mass is 16.6. The molecule has 0 spiro atoms. The molecule has 2 fully saturated rings. The van der Waals surface area contributed by atoms with E-state index in [1.165, 1.54) is 0 Å². The van der Waals surface area contributed by atoms with Gasteiger partial charge in [0.25, 0.3) is 0 Å². The van der Waals surface area contributed by atoms with E-state index in [4.69, 9.17) is 9.47 Å². The van der Waals surface area contributed by atoms with E-state index in [0.717, 1.165) is 36.4 Å². The fourth-order valence-corrected chi connectivity index (χ4v) is 4.38. The highest BCUT2D eigenvalue weighted by molar-refractivity contribution is 5.82. The second kappa shape index (κ2) is 6.58. The zero-order valence-electron chi connectivity index (χ0n) is 14.1. The van der Waals surface area contributed by atoms with Crippen molar-refractivity contribution in [2.45, 2.75) is 38.1 Å². The molecule has 0 aromatic heterocycles. The highest BCUT2D eigenvalue weighted by Gasteiger charge is 2.40. The Morgan fingerprint density at radius 3 is 2.68 bits per heavy atom. The summed E-state index contributed by atoms with van der Waals surface area (Å²) in [5.74, 6) is 0.272. The summed E-state index contributed by atoms with van der Waals surface area (Å²) in [5, 5.41) is 9.19. The van der Waals surface area contributed by atoms with E-state index in [-0.39, 0.29) is 23.8 Å². The molecule has 0 unspecified atom stereocenters. The van der Waals surface area contributed by atoms with E-state index in [2.05, 4.69) is 0 Å². The first-order valence-electron chi connectivity index (χ1n) is 9.07. The van der Waals surface area contributed by atoms with Crippen LogP contribution in [0.4, 0.5) is 0 Å². The number of carbonyl (C=O) groups is 2. The lowest BCUT2D eigenvalue weighted by molar-refractivity contribution is -0.141. The number of likely N-dealkylation sites (tertiary alicyclic amines) is 1. The van der Waals surface area contributed by atoms with Crippen LogP contribution in [0.1, 0.15) is 43.7 Å². The van der Waals surface area contributed by atoms with Crippen LogP contribution in [0.25, 0.3) is 0 Å². The standard InChI is InChI=1S/C19H23NO5/c21-18(12-6-7-13(11-12)19(22)23)20-8-2-4-15(20)14-3-1-5-16-17(14)25-10-9-24-16/h1,3,5,12-13,15H,2,4,6-11H2,(H,22,23)/t12-,13+,15-/m0/s1. The normalized spacial score (nSPS) is 28.2. The summed E-state index contributed by atoms with van der Waals surface area (Å²) in [4.78, 5) is 26.1. The minimum atomic E-state index is -0.782. The Kier molecular flexibility index (Phi) is 4.27. The van der Waals surface area contributed by atoms with Gasteiger partial charge in [-0.2, -0.15) is 0 Å². The molecule has 4 rings (SSSR count). The van der Waals surface area contributed by atoms with Crippen molar-refractivity contribution in [1.29, 1.82) is 0 Å². The van der Waals surface area contributed by atoms with E-state index in [1.807, 2.05) is 23.1 Å². The fraction of sp³-hybridized carbons (Fsp3) is 0.579. The first kappa shape index (κ1) is 16.2. The average Bonchev–Trinajstić information content (AvgIpc) is 3.30. The molecule has 1 aromatic rings. The van der Waals surface area contributed by atoms with Gasteiger partial charge in [0.1, 0.15) is 13.2 Å². The predicted molar refractivity (Wildman–Crippen MR) is 89.6 cm³/mol. The number of aliphatic carboxylic acids is 1. The first-order valence-corrected chi connectivity index (χ1v) is 9.07. The van der Waals surface area contributed by atoms with Gasteiger partial charge < -0.3 is 19.5 Å². The zero-order chi connectivity index (χ0) is 17.4. The van der Waals surface area contributed by atoms with Crippen molar-refractivity contribution >= 4 is 11.9 Å². The van der Waals surface area contributed by atoms with Crippen LogP contribution in [-0.4, -0.2) is 41.6 Å². The van der Waals surface area contributed by atoms with E-state index < -0.39 is 5.97 Å². The largest absolute Gasteiger partial charge is 0.486 e. The summed E-state index contributed by atoms with van der Waals surface area (Å²) in [6, 6.07) is 5.85. The van der Waals surface area contributed by atoms with Crippen molar-refractivity contribution in [1.82, 2.24) is 4.90 Å². The number of carbonyl (C=O) groups excluding carboxylic acids is 1. The number of nitrogens with zero attached hydrogens (tertiary/aromatic N) is 1. The molecule has 134 valence electrons. The zero-order valence-corrected chi connectivity index (χ0v) is 14.1. The summed E-state index contributed by atoms with van der Waals surface area (Å²) < 4.78 is 11.5. The second-order valence-corrected chi connectivity index (χ2v) is 7.11. The molecule has 6 nitrogen and oxygen atoms in total. The van der Waals surface area contributed by atoms with Gasteiger partial charge >= 0.3 is 5.97 Å². The topological polar surface area (TPSA) is 76.1 Å². The Morgan fingerprint density at radius 1 is 1.08 bits per heavy atom. The first-order chi connectivity index (χ1) is 12.1. The number of hydrogen-bond donors (Lipinski definition) is 1. The monoisotopic (exact) mass is 345 g/mol. The SMILES string of the molecule is O=C(O)[C@@H]1CC[C@H](C(=O)N2CCC[C@H]2c2cccc3c2OCCO3)C1. The van der Waals surface area contributed by atoms with Crippen molar-refractivity contribution in [3.05, 3.63) is 23.8 Å². The van der Waals surface area contributed by atoms with Crippen LogP contribution in [0.5, 0.6) is 11.5 Å². The lowest BCUT2D eigenvalue weighted by Crippen LogP contribution is -2.35. The Balaban J connectivity index is 1.55. The maximum atomic E-state index is 13.0. The highest BCUT2D eigenvalue weighted by Crippen LogP contribution is 2.44. The van der Waals surface area contributed by atoms with Gasteiger partial charge in [0, 0.05) is 18.0 Å². The van der Waals surface area contributed by atoms with Crippen LogP contribution in [0.2, 0.25) is 0 Å². The number of amides is 1. The number of ether oxygens (including phenoxy) is 2. The van der Waals surface area contributed by atoms with Crippen LogP contribution in [-0.2, 0) is 9.59 Å². The van der Waals surface area contributed by atoms with Crippen molar-refractivity contribution in [3.8, 4) is 11.5 Å². The van der Waals surface area contributed by atoms with Gasteiger partial charge in [-0.25, -0.2) is 0 Å². The average molecular weight is 345 g/mol. The quantitative estimate of drug-likeness (QED) is 0.911. The molecule has 1 aromatic carbocycles. The summed E-state index contributed by atoms with van der Waals surface area (Å²) >= 11 is 0. The van der Waals surface area contributed by atoms with Crippen molar-refractivity contribution in [2.75, 3.05) is 19.8 Å². The van der Waals surface area contributed by atoms with E-state index in [0.29, 0.717) is 32.5 Å². The predicted octanol–water partition coefficient (Wildman–Crippen LogP) is 2.62. The maximum absolute atomic E-state index is 13.0. The van der Waals surface area contributed by atoms with Gasteiger partial charge in [-0.3, -0.25) is 9.59 Å². The molecule has 0 bridgehead atoms. The molecule has 25 heavy (non-hydrogen) atoms. The van der Waals surface area contributed by atoms with Gasteiger partial charge in [0.05, 0.1) is 12.0 Å². The summed E-state index contributed by atoms with van der Waals surface area (Å²) in [5.41, 5.74) is 1.01. The summed E-state index contributed by atoms with van der Waals surface area (Å²) in [7, 11) is 0. The fourth-order valence-electron chi connectivity index (χ4n) is 4.38. The van der Waals surface area contributed by atoms with E-state index in [9.17, 15) is 14.7 Å². The number of para-hydroxylation sites is 1. The van der Waals surface area contributed by atoms with Crippen LogP contribution < -0.4 is 9.47 Å². The Hall–Kier alpha value is -2.24. The van der Waals surface area contributed by atoms with Crippen LogP contribution in [0.15, 0.2) is 18.2 Å². The van der Waals surface area contributed by atoms with Crippen LogP contribution in [0.3, 0.4) is 0 Å². The molecule has 1 N–H and O–H groups in total. The molecule has 0 radical (unpaired) electrons. The molecule has 1 saturated carbocycles. The van der Waals surface area contributed by atoms with Crippen molar-refractivity contribution in [2.24, 2.45) is 11.8 Å². The smallest absolute Gasteiger partial charge is 0.306 e. The number of hydrogen-bond acceptors (Lipinski definition) is 4. The molecule has 1 aliphatic carbocycles. The molecule has 3 aliphatic rings. The molecule has 2 heterocycles. The van der Waals surface area contributed by atoms with Crippen molar-refractivity contribution < 1.29 is 24.2 Å². The minimum absolute atomic E-state index is 0.00646. The number of rotatable bonds is 3. The molecule has 1 saturated heterocycles. The van der Waals surface area contributed by atoms with Gasteiger partial charge in [-0.1, -0.05) is 12.1 Å². The molecular formula is C19H23NO5. The molecular weight excluding hydrogens is 322 g/mol. The molecule has 2 aliphatic heterocycles. The lowest BCUT2D eigenvalue weighted by atomic mass is 9.99. The lowest BCUT2D eigenvalue weighted by Gasteiger charge is -2.30. The van der Waals surface area contributed by atoms with Crippen LogP contribution in [0, 0.1) is 11.8 Å². The Bertz CT molecular complexity index is 688. The van der Waals surface area contributed by atoms with Crippen molar-refractivity contribution in [3.63, 3.8) is 0 Å². The van der Waals surface area contributed by atoms with Gasteiger partial charge in [-0.05, 0) is 38.2 Å². The van der Waals surface area contributed by atoms with E-state index in [1.54, 1.807) is 0 Å². The molecule has 1 amide bonds. The third-order valence-electron chi connectivity index (χ3n) is 5.62. The number of carboxylic acids is 1. The molecule has 3 atom stereocenters. The number of benzene rings is 1. The maximum Gasteiger partial charge on any atom is 0.306 e. The number of carboxylic acid groups (broad SMARTS) is 1. The number of fused-ring (bicyclic) bond motifs is 1. The van der Waals surface area contributed by atoms with Gasteiger partial charge in [0.15, 0.2) is 11.5 Å².